The smallest absolute Gasteiger partial charge is 0.326 e. The van der Waals surface area contributed by atoms with Crippen LogP contribution in [-0.2, 0) is 16.0 Å². The van der Waals surface area contributed by atoms with E-state index in [2.05, 4.69) is 10.3 Å². The quantitative estimate of drug-likeness (QED) is 0.697. The van der Waals surface area contributed by atoms with Crippen molar-refractivity contribution in [2.45, 2.75) is 52.5 Å². The molecule has 1 unspecified atom stereocenters. The van der Waals surface area contributed by atoms with Crippen LogP contribution in [0, 0.1) is 5.41 Å². The van der Waals surface area contributed by atoms with Gasteiger partial charge in [0.05, 0.1) is 11.2 Å². The number of rotatable bonds is 8. The summed E-state index contributed by atoms with van der Waals surface area (Å²) < 4.78 is 5.65. The maximum atomic E-state index is 12.1. The minimum atomic E-state index is -1.02. The van der Waals surface area contributed by atoms with Crippen molar-refractivity contribution in [2.24, 2.45) is 5.41 Å². The second kappa shape index (κ2) is 9.04. The monoisotopic (exact) mass is 392 g/mol. The molecule has 1 heterocycles. The van der Waals surface area contributed by atoms with Gasteiger partial charge in [0, 0.05) is 18.4 Å². The van der Waals surface area contributed by atoms with Crippen LogP contribution in [-0.4, -0.2) is 28.0 Å². The molecular formula is C20H25ClN2O4. The van der Waals surface area contributed by atoms with Gasteiger partial charge in [-0.15, -0.1) is 0 Å². The van der Waals surface area contributed by atoms with Gasteiger partial charge >= 0.3 is 5.97 Å². The predicted octanol–water partition coefficient (Wildman–Crippen LogP) is 4.32. The van der Waals surface area contributed by atoms with Crippen molar-refractivity contribution in [1.29, 1.82) is 0 Å². The second-order valence-electron chi connectivity index (χ2n) is 7.66. The molecule has 0 bridgehead atoms. The van der Waals surface area contributed by atoms with Crippen LogP contribution >= 0.6 is 11.6 Å². The van der Waals surface area contributed by atoms with Crippen LogP contribution in [0.15, 0.2) is 34.9 Å². The van der Waals surface area contributed by atoms with Crippen molar-refractivity contribution in [1.82, 2.24) is 10.3 Å². The number of aliphatic carboxylic acids is 1. The Morgan fingerprint density at radius 3 is 2.63 bits per heavy atom. The fraction of sp³-hybridized carbons (Fsp3) is 0.450. The summed E-state index contributed by atoms with van der Waals surface area (Å²) in [5.41, 5.74) is 0.738. The summed E-state index contributed by atoms with van der Waals surface area (Å²) in [4.78, 5) is 27.6. The summed E-state index contributed by atoms with van der Waals surface area (Å²) in [6, 6.07) is 6.37. The van der Waals surface area contributed by atoms with E-state index < -0.39 is 12.0 Å². The minimum absolute atomic E-state index is 0.00558. The van der Waals surface area contributed by atoms with Crippen LogP contribution in [0.25, 0.3) is 11.3 Å². The van der Waals surface area contributed by atoms with Gasteiger partial charge in [-0.05, 0) is 30.4 Å². The lowest BCUT2D eigenvalue weighted by Crippen LogP contribution is -2.41. The molecule has 1 aromatic heterocycles. The van der Waals surface area contributed by atoms with Gasteiger partial charge in [0.1, 0.15) is 6.04 Å². The van der Waals surface area contributed by atoms with Crippen molar-refractivity contribution in [3.63, 3.8) is 0 Å². The van der Waals surface area contributed by atoms with Crippen LogP contribution in [0.2, 0.25) is 5.02 Å². The van der Waals surface area contributed by atoms with Gasteiger partial charge in [-0.3, -0.25) is 4.79 Å². The van der Waals surface area contributed by atoms with E-state index in [9.17, 15) is 14.7 Å². The van der Waals surface area contributed by atoms with Gasteiger partial charge in [-0.1, -0.05) is 44.5 Å². The molecule has 2 rings (SSSR count). The lowest BCUT2D eigenvalue weighted by atomic mass is 9.88. The summed E-state index contributed by atoms with van der Waals surface area (Å²) in [5, 5.41) is 12.4. The van der Waals surface area contributed by atoms with Gasteiger partial charge in [-0.2, -0.15) is 0 Å². The van der Waals surface area contributed by atoms with Crippen molar-refractivity contribution >= 4 is 23.5 Å². The van der Waals surface area contributed by atoms with Crippen LogP contribution in [0.1, 0.15) is 45.9 Å². The van der Waals surface area contributed by atoms with E-state index in [0.717, 1.165) is 5.56 Å². The third kappa shape index (κ3) is 6.71. The molecule has 0 saturated carbocycles. The first kappa shape index (κ1) is 21.0. The van der Waals surface area contributed by atoms with E-state index in [4.69, 9.17) is 16.0 Å². The lowest BCUT2D eigenvalue weighted by molar-refractivity contribution is -0.142. The van der Waals surface area contributed by atoms with Gasteiger partial charge in [0.15, 0.2) is 11.7 Å². The normalized spacial score (nSPS) is 12.6. The molecular weight excluding hydrogens is 368 g/mol. The maximum absolute atomic E-state index is 12.1. The number of carbonyl (C=O) groups excluding carboxylic acids is 1. The third-order valence-corrected chi connectivity index (χ3v) is 4.40. The van der Waals surface area contributed by atoms with Crippen LogP contribution in [0.3, 0.4) is 0 Å². The first-order valence-electron chi connectivity index (χ1n) is 8.87. The number of hydrogen-bond acceptors (Lipinski definition) is 4. The molecule has 2 aromatic rings. The van der Waals surface area contributed by atoms with Crippen molar-refractivity contribution < 1.29 is 19.1 Å². The number of oxazole rings is 1. The number of halogens is 1. The number of carboxylic acids is 1. The number of aryl methyl sites for hydroxylation is 1. The molecule has 0 saturated heterocycles. The SMILES string of the molecule is CC(C)(C)CCC(NC(=O)CCc1ncc(-c2ccccc2Cl)o1)C(=O)O. The van der Waals surface area contributed by atoms with Crippen molar-refractivity contribution in [3.8, 4) is 11.3 Å². The molecule has 0 aliphatic rings. The fourth-order valence-electron chi connectivity index (χ4n) is 2.53. The largest absolute Gasteiger partial charge is 0.480 e. The molecule has 1 atom stereocenters. The Balaban J connectivity index is 1.89. The van der Waals surface area contributed by atoms with E-state index >= 15 is 0 Å². The zero-order valence-electron chi connectivity index (χ0n) is 15.8. The standard InChI is InChI=1S/C20H25ClN2O4/c1-20(2,3)11-10-15(19(25)26)23-17(24)8-9-18-22-12-16(27-18)13-6-4-5-7-14(13)21/h4-7,12,15H,8-11H2,1-3H3,(H,23,24)(H,25,26). The minimum Gasteiger partial charge on any atom is -0.480 e. The van der Waals surface area contributed by atoms with Crippen LogP contribution < -0.4 is 5.32 Å². The molecule has 2 N–H and O–H groups in total. The zero-order chi connectivity index (χ0) is 20.0. The van der Waals surface area contributed by atoms with E-state index in [0.29, 0.717) is 29.5 Å². The molecule has 1 amide bonds. The highest BCUT2D eigenvalue weighted by Crippen LogP contribution is 2.28. The number of amides is 1. The summed E-state index contributed by atoms with van der Waals surface area (Å²) in [7, 11) is 0. The number of hydrogen-bond donors (Lipinski definition) is 2. The van der Waals surface area contributed by atoms with Gasteiger partial charge < -0.3 is 14.8 Å². The average molecular weight is 393 g/mol. The highest BCUT2D eigenvalue weighted by molar-refractivity contribution is 6.33. The number of benzene rings is 1. The molecule has 0 spiro atoms. The Kier molecular flexibility index (Phi) is 7.02. The Morgan fingerprint density at radius 2 is 2.00 bits per heavy atom. The van der Waals surface area contributed by atoms with E-state index in [1.807, 2.05) is 39.0 Å². The Labute approximate surface area is 163 Å². The first-order chi connectivity index (χ1) is 12.7. The number of carbonyl (C=O) groups is 2. The number of nitrogens with zero attached hydrogens (tertiary/aromatic N) is 1. The Bertz CT molecular complexity index is 795. The van der Waals surface area contributed by atoms with Gasteiger partial charge in [0.25, 0.3) is 0 Å². The van der Waals surface area contributed by atoms with Crippen molar-refractivity contribution in [3.05, 3.63) is 41.4 Å². The second-order valence-corrected chi connectivity index (χ2v) is 8.06. The Hall–Kier alpha value is -2.34. The van der Waals surface area contributed by atoms with Crippen LogP contribution in [0.5, 0.6) is 0 Å². The maximum Gasteiger partial charge on any atom is 0.326 e. The molecule has 0 aliphatic carbocycles. The highest BCUT2D eigenvalue weighted by Gasteiger charge is 2.23. The Morgan fingerprint density at radius 1 is 1.30 bits per heavy atom. The summed E-state index contributed by atoms with van der Waals surface area (Å²) >= 11 is 6.14. The van der Waals surface area contributed by atoms with Gasteiger partial charge in [-0.25, -0.2) is 9.78 Å². The zero-order valence-corrected chi connectivity index (χ0v) is 16.5. The lowest BCUT2D eigenvalue weighted by Gasteiger charge is -2.21. The molecule has 1 aromatic carbocycles. The summed E-state index contributed by atoms with van der Waals surface area (Å²) in [5.74, 6) is -0.426. The third-order valence-electron chi connectivity index (χ3n) is 4.08. The number of carboxylic acid groups (broad SMARTS) is 1. The highest BCUT2D eigenvalue weighted by atomic mass is 35.5. The number of aromatic nitrogens is 1. The van der Waals surface area contributed by atoms with E-state index in [-0.39, 0.29) is 24.2 Å². The van der Waals surface area contributed by atoms with Crippen molar-refractivity contribution in [2.75, 3.05) is 0 Å². The van der Waals surface area contributed by atoms with Crippen LogP contribution in [0.4, 0.5) is 0 Å². The molecule has 0 fully saturated rings. The summed E-state index contributed by atoms with van der Waals surface area (Å²) in [6.45, 7) is 6.10. The van der Waals surface area contributed by atoms with E-state index in [1.165, 1.54) is 0 Å². The fourth-order valence-corrected chi connectivity index (χ4v) is 2.76. The molecule has 146 valence electrons. The molecule has 7 heteroatoms. The molecule has 0 aliphatic heterocycles. The molecule has 27 heavy (non-hydrogen) atoms. The predicted molar refractivity (Wildman–Crippen MR) is 104 cm³/mol. The van der Waals surface area contributed by atoms with E-state index in [1.54, 1.807) is 12.3 Å². The summed E-state index contributed by atoms with van der Waals surface area (Å²) in [6.07, 6.45) is 3.03. The topological polar surface area (TPSA) is 92.4 Å². The molecule has 6 nitrogen and oxygen atoms in total. The average Bonchev–Trinajstić information content (AvgIpc) is 3.05. The first-order valence-corrected chi connectivity index (χ1v) is 9.25. The molecule has 0 radical (unpaired) electrons. The van der Waals surface area contributed by atoms with Gasteiger partial charge in [0.2, 0.25) is 5.91 Å². The number of nitrogens with one attached hydrogen (secondary N) is 1.